The van der Waals surface area contributed by atoms with Crippen molar-refractivity contribution in [3.8, 4) is 0 Å². The van der Waals surface area contributed by atoms with Gasteiger partial charge in [0.05, 0.1) is 6.61 Å². The predicted octanol–water partition coefficient (Wildman–Crippen LogP) is 1.96. The highest BCUT2D eigenvalue weighted by Gasteiger charge is 2.23. The smallest absolute Gasteiger partial charge is 0.266 e. The van der Waals surface area contributed by atoms with E-state index in [9.17, 15) is 17.2 Å². The zero-order chi connectivity index (χ0) is 15.6. The van der Waals surface area contributed by atoms with E-state index in [1.165, 1.54) is 6.07 Å². The summed E-state index contributed by atoms with van der Waals surface area (Å²) in [6.07, 6.45) is 0. The summed E-state index contributed by atoms with van der Waals surface area (Å²) in [5, 5.41) is 8.95. The summed E-state index contributed by atoms with van der Waals surface area (Å²) in [5.74, 6) is -2.87. The lowest BCUT2D eigenvalue weighted by atomic mass is 10.2. The minimum Gasteiger partial charge on any atom is -0.392 e. The number of aryl methyl sites for hydroxylation is 1. The number of hydrogen-bond donors (Lipinski definition) is 2. The number of aliphatic hydroxyl groups is 1. The molecule has 8 heteroatoms. The summed E-state index contributed by atoms with van der Waals surface area (Å²) in [6.45, 7) is 1.05. The lowest BCUT2D eigenvalue weighted by molar-refractivity contribution is 0.280. The summed E-state index contributed by atoms with van der Waals surface area (Å²) >= 11 is 0. The first kappa shape index (κ1) is 15.3. The van der Waals surface area contributed by atoms with Crippen LogP contribution in [0, 0.1) is 18.6 Å². The number of rotatable bonds is 4. The maximum Gasteiger partial charge on any atom is 0.266 e. The van der Waals surface area contributed by atoms with Crippen molar-refractivity contribution >= 4 is 15.8 Å². The Morgan fingerprint density at radius 3 is 2.62 bits per heavy atom. The topological polar surface area (TPSA) is 79.3 Å². The first-order valence-electron chi connectivity index (χ1n) is 5.89. The van der Waals surface area contributed by atoms with Gasteiger partial charge in [-0.3, -0.25) is 4.72 Å². The number of anilines is 1. The molecule has 1 heterocycles. The molecule has 0 aliphatic heterocycles. The number of hydrogen-bond acceptors (Lipinski definition) is 4. The van der Waals surface area contributed by atoms with Gasteiger partial charge in [-0.15, -0.1) is 0 Å². The van der Waals surface area contributed by atoms with Crippen LogP contribution in [0.5, 0.6) is 0 Å². The molecule has 0 amide bonds. The zero-order valence-electron chi connectivity index (χ0n) is 11.0. The summed E-state index contributed by atoms with van der Waals surface area (Å²) in [6, 6.07) is 6.22. The Bertz CT molecular complexity index is 779. The van der Waals surface area contributed by atoms with Crippen molar-refractivity contribution in [2.24, 2.45) is 0 Å². The van der Waals surface area contributed by atoms with E-state index in [0.29, 0.717) is 5.69 Å². The molecule has 0 saturated heterocycles. The largest absolute Gasteiger partial charge is 0.392 e. The van der Waals surface area contributed by atoms with E-state index in [0.717, 1.165) is 12.1 Å². The molecule has 1 aromatic carbocycles. The molecular formula is C13H12F2N2O3S. The SMILES string of the molecule is Cc1cccc(NS(=O)(=O)c2cc(CO)cc(F)c2F)n1. The Kier molecular flexibility index (Phi) is 4.19. The standard InChI is InChI=1S/C13H12F2N2O3S/c1-8-3-2-4-12(16-8)17-21(19,20)11-6-9(7-18)5-10(14)13(11)15/h2-6,18H,7H2,1H3,(H,16,17). The van der Waals surface area contributed by atoms with E-state index in [-0.39, 0.29) is 11.4 Å². The molecule has 0 unspecified atom stereocenters. The summed E-state index contributed by atoms with van der Waals surface area (Å²) < 4.78 is 53.4. The first-order chi connectivity index (χ1) is 9.83. The highest BCUT2D eigenvalue weighted by Crippen LogP contribution is 2.22. The molecule has 0 saturated carbocycles. The zero-order valence-corrected chi connectivity index (χ0v) is 11.8. The van der Waals surface area contributed by atoms with Crippen molar-refractivity contribution in [1.29, 1.82) is 0 Å². The molecule has 0 aliphatic carbocycles. The van der Waals surface area contributed by atoms with Crippen LogP contribution in [0.3, 0.4) is 0 Å². The van der Waals surface area contributed by atoms with Crippen molar-refractivity contribution in [2.45, 2.75) is 18.4 Å². The fourth-order valence-electron chi connectivity index (χ4n) is 1.70. The molecule has 0 radical (unpaired) electrons. The number of benzene rings is 1. The molecular weight excluding hydrogens is 302 g/mol. The van der Waals surface area contributed by atoms with Crippen LogP contribution in [-0.2, 0) is 16.6 Å². The van der Waals surface area contributed by atoms with Gasteiger partial charge in [0.1, 0.15) is 10.7 Å². The second kappa shape index (κ2) is 5.74. The summed E-state index contributed by atoms with van der Waals surface area (Å²) in [5.41, 5.74) is 0.512. The molecule has 0 atom stereocenters. The van der Waals surface area contributed by atoms with Crippen LogP contribution in [0.1, 0.15) is 11.3 Å². The number of halogens is 2. The molecule has 1 aromatic heterocycles. The Labute approximate surface area is 120 Å². The molecule has 0 fully saturated rings. The van der Waals surface area contributed by atoms with Crippen LogP contribution >= 0.6 is 0 Å². The van der Waals surface area contributed by atoms with Gasteiger partial charge in [0.25, 0.3) is 10.0 Å². The maximum atomic E-state index is 13.7. The fraction of sp³-hybridized carbons (Fsp3) is 0.154. The van der Waals surface area contributed by atoms with Crippen LogP contribution < -0.4 is 4.72 Å². The van der Waals surface area contributed by atoms with Gasteiger partial charge in [-0.05, 0) is 36.8 Å². The molecule has 0 spiro atoms. The van der Waals surface area contributed by atoms with Crippen molar-refractivity contribution < 1.29 is 22.3 Å². The summed E-state index contributed by atoms with van der Waals surface area (Å²) in [7, 11) is -4.35. The third-order valence-electron chi connectivity index (χ3n) is 2.65. The first-order valence-corrected chi connectivity index (χ1v) is 7.37. The highest BCUT2D eigenvalue weighted by molar-refractivity contribution is 7.92. The predicted molar refractivity (Wildman–Crippen MR) is 72.1 cm³/mol. The number of nitrogens with one attached hydrogen (secondary N) is 1. The average Bonchev–Trinajstić information content (AvgIpc) is 2.41. The number of aromatic nitrogens is 1. The van der Waals surface area contributed by atoms with Crippen LogP contribution in [0.4, 0.5) is 14.6 Å². The van der Waals surface area contributed by atoms with Crippen molar-refractivity contribution in [1.82, 2.24) is 4.98 Å². The lowest BCUT2D eigenvalue weighted by Gasteiger charge is -2.10. The second-order valence-corrected chi connectivity index (χ2v) is 5.97. The van der Waals surface area contributed by atoms with Crippen molar-refractivity contribution in [2.75, 3.05) is 4.72 Å². The molecule has 21 heavy (non-hydrogen) atoms. The van der Waals surface area contributed by atoms with Gasteiger partial charge in [-0.2, -0.15) is 0 Å². The van der Waals surface area contributed by atoms with E-state index in [1.807, 2.05) is 0 Å². The molecule has 0 aliphatic rings. The molecule has 112 valence electrons. The van der Waals surface area contributed by atoms with Gasteiger partial charge in [0.2, 0.25) is 0 Å². The number of aliphatic hydroxyl groups excluding tert-OH is 1. The van der Waals surface area contributed by atoms with E-state index >= 15 is 0 Å². The van der Waals surface area contributed by atoms with Gasteiger partial charge in [-0.1, -0.05) is 6.07 Å². The molecule has 5 nitrogen and oxygen atoms in total. The van der Waals surface area contributed by atoms with Crippen molar-refractivity contribution in [3.63, 3.8) is 0 Å². The van der Waals surface area contributed by atoms with E-state index in [2.05, 4.69) is 9.71 Å². The van der Waals surface area contributed by atoms with Crippen LogP contribution in [-0.4, -0.2) is 18.5 Å². The monoisotopic (exact) mass is 314 g/mol. The minimum absolute atomic E-state index is 0.00999. The van der Waals surface area contributed by atoms with Gasteiger partial charge in [-0.25, -0.2) is 22.2 Å². The van der Waals surface area contributed by atoms with Gasteiger partial charge < -0.3 is 5.11 Å². The lowest BCUT2D eigenvalue weighted by Crippen LogP contribution is -2.17. The Morgan fingerprint density at radius 1 is 1.29 bits per heavy atom. The van der Waals surface area contributed by atoms with E-state index < -0.39 is 33.2 Å². The Morgan fingerprint density at radius 2 is 2.00 bits per heavy atom. The summed E-state index contributed by atoms with van der Waals surface area (Å²) in [4.78, 5) is 3.04. The quantitative estimate of drug-likeness (QED) is 0.904. The third-order valence-corrected chi connectivity index (χ3v) is 4.01. The van der Waals surface area contributed by atoms with Crippen LogP contribution in [0.15, 0.2) is 35.2 Å². The Hall–Kier alpha value is -2.06. The average molecular weight is 314 g/mol. The highest BCUT2D eigenvalue weighted by atomic mass is 32.2. The molecule has 0 bridgehead atoms. The van der Waals surface area contributed by atoms with Crippen LogP contribution in [0.25, 0.3) is 0 Å². The van der Waals surface area contributed by atoms with Gasteiger partial charge in [0, 0.05) is 5.69 Å². The normalized spacial score (nSPS) is 11.4. The van der Waals surface area contributed by atoms with Crippen molar-refractivity contribution in [3.05, 3.63) is 53.2 Å². The van der Waals surface area contributed by atoms with E-state index in [1.54, 1.807) is 19.1 Å². The van der Waals surface area contributed by atoms with Crippen LogP contribution in [0.2, 0.25) is 0 Å². The third kappa shape index (κ3) is 3.34. The fourth-order valence-corrected chi connectivity index (χ4v) is 2.84. The number of pyridine rings is 1. The van der Waals surface area contributed by atoms with Gasteiger partial charge >= 0.3 is 0 Å². The molecule has 2 rings (SSSR count). The number of sulfonamides is 1. The van der Waals surface area contributed by atoms with E-state index in [4.69, 9.17) is 5.11 Å². The molecule has 2 aromatic rings. The second-order valence-electron chi connectivity index (χ2n) is 4.32. The number of nitrogens with zero attached hydrogens (tertiary/aromatic N) is 1. The van der Waals surface area contributed by atoms with Gasteiger partial charge in [0.15, 0.2) is 11.6 Å². The molecule has 2 N–H and O–H groups in total. The Balaban J connectivity index is 2.47. The maximum absolute atomic E-state index is 13.7. The minimum atomic E-state index is -4.35.